The third-order valence-electron chi connectivity index (χ3n) is 2.20. The van der Waals surface area contributed by atoms with Crippen molar-refractivity contribution in [2.24, 2.45) is 0 Å². The molecule has 1 aliphatic heterocycles. The summed E-state index contributed by atoms with van der Waals surface area (Å²) in [5.74, 6) is 0.0429. The number of rotatable bonds is 3. The summed E-state index contributed by atoms with van der Waals surface area (Å²) in [6.07, 6.45) is 0. The molecule has 0 radical (unpaired) electrons. The summed E-state index contributed by atoms with van der Waals surface area (Å²) in [6.45, 7) is 6.32. The summed E-state index contributed by atoms with van der Waals surface area (Å²) in [6, 6.07) is 1.89. The second-order valence-corrected chi connectivity index (χ2v) is 3.06. The number of likely N-dealkylation sites (N-methyl/N-ethyl adjacent to an activating group) is 1. The number of carbonyl (C=O) groups is 1. The molecule has 0 aromatic rings. The van der Waals surface area contributed by atoms with E-state index >= 15 is 0 Å². The number of nitrogens with zero attached hydrogens (tertiary/aromatic N) is 2. The van der Waals surface area contributed by atoms with Crippen LogP contribution in [0.2, 0.25) is 0 Å². The van der Waals surface area contributed by atoms with Crippen molar-refractivity contribution in [3.8, 4) is 6.07 Å². The van der Waals surface area contributed by atoms with Crippen molar-refractivity contribution in [2.75, 3.05) is 26.2 Å². The molecule has 0 aromatic heterocycles. The summed E-state index contributed by atoms with van der Waals surface area (Å²) in [7, 11) is 0. The lowest BCUT2D eigenvalue weighted by molar-refractivity contribution is -0.138. The van der Waals surface area contributed by atoms with E-state index < -0.39 is 5.97 Å². The van der Waals surface area contributed by atoms with E-state index in [2.05, 4.69) is 5.32 Å². The largest absolute Gasteiger partial charge is 0.462 e. The molecule has 0 atom stereocenters. The van der Waals surface area contributed by atoms with Crippen LogP contribution in [0, 0.1) is 11.3 Å². The van der Waals surface area contributed by atoms with Crippen LogP contribution in [-0.4, -0.2) is 37.1 Å². The van der Waals surface area contributed by atoms with Crippen LogP contribution >= 0.6 is 0 Å². The van der Waals surface area contributed by atoms with Gasteiger partial charge < -0.3 is 15.0 Å². The number of ether oxygens (including phenoxy) is 1. The Morgan fingerprint density at radius 2 is 2.40 bits per heavy atom. The highest BCUT2D eigenvalue weighted by Gasteiger charge is 2.24. The highest BCUT2D eigenvalue weighted by atomic mass is 16.5. The molecule has 0 aromatic carbocycles. The molecule has 0 aliphatic carbocycles. The van der Waals surface area contributed by atoms with Gasteiger partial charge in [0.05, 0.1) is 6.61 Å². The van der Waals surface area contributed by atoms with Gasteiger partial charge in [-0.3, -0.25) is 0 Å². The smallest absolute Gasteiger partial charge is 0.352 e. The number of nitrogens with one attached hydrogen (secondary N) is 1. The van der Waals surface area contributed by atoms with Crippen molar-refractivity contribution in [3.63, 3.8) is 0 Å². The molecular weight excluding hydrogens is 194 g/mol. The molecule has 0 spiro atoms. The highest BCUT2D eigenvalue weighted by Crippen LogP contribution is 2.12. The van der Waals surface area contributed by atoms with Gasteiger partial charge in [0.25, 0.3) is 0 Å². The standard InChI is InChI=1S/C10H15N3O2/c1-3-13-6-5-12-9(13)8(7-11)10(14)15-4-2/h12H,3-6H2,1-2H3/b9-8+. The van der Waals surface area contributed by atoms with E-state index in [1.165, 1.54) is 0 Å². The Labute approximate surface area is 89.3 Å². The maximum absolute atomic E-state index is 11.5. The predicted octanol–water partition coefficient (Wildman–Crippen LogP) is 0.210. The molecule has 0 unspecified atom stereocenters. The van der Waals surface area contributed by atoms with Gasteiger partial charge in [0, 0.05) is 19.6 Å². The van der Waals surface area contributed by atoms with Crippen molar-refractivity contribution >= 4 is 5.97 Å². The van der Waals surface area contributed by atoms with Gasteiger partial charge in [-0.2, -0.15) is 5.26 Å². The zero-order chi connectivity index (χ0) is 11.3. The third-order valence-corrected chi connectivity index (χ3v) is 2.20. The van der Waals surface area contributed by atoms with E-state index in [0.29, 0.717) is 5.82 Å². The van der Waals surface area contributed by atoms with Crippen molar-refractivity contribution < 1.29 is 9.53 Å². The number of hydrogen-bond acceptors (Lipinski definition) is 5. The molecule has 0 bridgehead atoms. The zero-order valence-electron chi connectivity index (χ0n) is 9.04. The minimum Gasteiger partial charge on any atom is -0.462 e. The van der Waals surface area contributed by atoms with E-state index in [0.717, 1.165) is 19.6 Å². The van der Waals surface area contributed by atoms with Gasteiger partial charge in [-0.1, -0.05) is 0 Å². The first-order valence-electron chi connectivity index (χ1n) is 5.04. The zero-order valence-corrected chi connectivity index (χ0v) is 9.04. The van der Waals surface area contributed by atoms with E-state index in [-0.39, 0.29) is 12.2 Å². The fourth-order valence-electron chi connectivity index (χ4n) is 1.49. The van der Waals surface area contributed by atoms with Crippen molar-refractivity contribution in [1.29, 1.82) is 5.26 Å². The van der Waals surface area contributed by atoms with Gasteiger partial charge in [0.1, 0.15) is 11.9 Å². The molecule has 5 nitrogen and oxygen atoms in total. The van der Waals surface area contributed by atoms with Gasteiger partial charge in [-0.25, -0.2) is 4.79 Å². The van der Waals surface area contributed by atoms with Crippen LogP contribution in [0.25, 0.3) is 0 Å². The van der Waals surface area contributed by atoms with Crippen LogP contribution in [0.4, 0.5) is 0 Å². The number of esters is 1. The lowest BCUT2D eigenvalue weighted by Crippen LogP contribution is -2.24. The molecule has 1 heterocycles. The Morgan fingerprint density at radius 3 is 2.93 bits per heavy atom. The van der Waals surface area contributed by atoms with Crippen molar-refractivity contribution in [3.05, 3.63) is 11.4 Å². The van der Waals surface area contributed by atoms with E-state index in [4.69, 9.17) is 10.00 Å². The molecule has 5 heteroatoms. The van der Waals surface area contributed by atoms with Gasteiger partial charge in [-0.15, -0.1) is 0 Å². The molecule has 0 amide bonds. The number of carbonyl (C=O) groups excluding carboxylic acids is 1. The minimum atomic E-state index is -0.553. The van der Waals surface area contributed by atoms with Crippen molar-refractivity contribution in [2.45, 2.75) is 13.8 Å². The number of nitriles is 1. The van der Waals surface area contributed by atoms with Gasteiger partial charge >= 0.3 is 5.97 Å². The quantitative estimate of drug-likeness (QED) is 0.409. The first kappa shape index (κ1) is 11.4. The molecule has 1 N–H and O–H groups in total. The predicted molar refractivity (Wildman–Crippen MR) is 54.5 cm³/mol. The van der Waals surface area contributed by atoms with E-state index in [1.54, 1.807) is 6.92 Å². The molecule has 1 fully saturated rings. The topological polar surface area (TPSA) is 65.4 Å². The Balaban J connectivity index is 2.92. The second kappa shape index (κ2) is 5.25. The van der Waals surface area contributed by atoms with Gasteiger partial charge in [-0.05, 0) is 13.8 Å². The highest BCUT2D eigenvalue weighted by molar-refractivity contribution is 5.93. The average molecular weight is 209 g/mol. The third kappa shape index (κ3) is 2.40. The summed E-state index contributed by atoms with van der Waals surface area (Å²) >= 11 is 0. The summed E-state index contributed by atoms with van der Waals surface area (Å²) in [5, 5.41) is 12.0. The number of hydrogen-bond donors (Lipinski definition) is 1. The minimum absolute atomic E-state index is 0.0659. The van der Waals surface area contributed by atoms with Crippen LogP contribution < -0.4 is 5.32 Å². The fourth-order valence-corrected chi connectivity index (χ4v) is 1.49. The molecule has 1 aliphatic rings. The Kier molecular flexibility index (Phi) is 3.98. The van der Waals surface area contributed by atoms with Crippen LogP contribution in [0.15, 0.2) is 11.4 Å². The molecular formula is C10H15N3O2. The maximum atomic E-state index is 11.5. The fraction of sp³-hybridized carbons (Fsp3) is 0.600. The van der Waals surface area contributed by atoms with Crippen LogP contribution in [-0.2, 0) is 9.53 Å². The molecule has 82 valence electrons. The first-order valence-corrected chi connectivity index (χ1v) is 5.04. The lowest BCUT2D eigenvalue weighted by atomic mass is 10.3. The SMILES string of the molecule is CCOC(=O)/C(C#N)=C1\NCCN1CC. The van der Waals surface area contributed by atoms with Crippen LogP contribution in [0.1, 0.15) is 13.8 Å². The Morgan fingerprint density at radius 1 is 1.67 bits per heavy atom. The van der Waals surface area contributed by atoms with Gasteiger partial charge in [0.2, 0.25) is 0 Å². The van der Waals surface area contributed by atoms with Crippen LogP contribution in [0.3, 0.4) is 0 Å². The van der Waals surface area contributed by atoms with Gasteiger partial charge in [0.15, 0.2) is 5.57 Å². The van der Waals surface area contributed by atoms with Crippen LogP contribution in [0.5, 0.6) is 0 Å². The summed E-state index contributed by atoms with van der Waals surface area (Å²) < 4.78 is 4.81. The normalized spacial score (nSPS) is 18.1. The summed E-state index contributed by atoms with van der Waals surface area (Å²) in [4.78, 5) is 13.4. The maximum Gasteiger partial charge on any atom is 0.352 e. The lowest BCUT2D eigenvalue weighted by Gasteiger charge is -2.16. The average Bonchev–Trinajstić information content (AvgIpc) is 2.67. The molecule has 15 heavy (non-hydrogen) atoms. The Hall–Kier alpha value is -1.70. The first-order chi connectivity index (χ1) is 7.24. The summed E-state index contributed by atoms with van der Waals surface area (Å²) in [5.41, 5.74) is 0.0659. The second-order valence-electron chi connectivity index (χ2n) is 3.06. The molecule has 1 rings (SSSR count). The van der Waals surface area contributed by atoms with Crippen molar-refractivity contribution in [1.82, 2.24) is 10.2 Å². The van der Waals surface area contributed by atoms with E-state index in [1.807, 2.05) is 17.9 Å². The monoisotopic (exact) mass is 209 g/mol. The Bertz CT molecular complexity index is 317. The molecule has 0 saturated carbocycles. The van der Waals surface area contributed by atoms with E-state index in [9.17, 15) is 4.79 Å². The molecule has 1 saturated heterocycles.